The molecule has 0 aromatic heterocycles. The zero-order chi connectivity index (χ0) is 17.0. The first kappa shape index (κ1) is 16.3. The van der Waals surface area contributed by atoms with Crippen LogP contribution in [0.15, 0.2) is 83.5 Å². The van der Waals surface area contributed by atoms with Crippen LogP contribution in [-0.4, -0.2) is 6.21 Å². The van der Waals surface area contributed by atoms with E-state index in [2.05, 4.69) is 73.8 Å². The van der Waals surface area contributed by atoms with Crippen molar-refractivity contribution in [2.24, 2.45) is 10.5 Å². The Kier molecular flexibility index (Phi) is 4.66. The monoisotopic (exact) mass is 316 g/mol. The quantitative estimate of drug-likeness (QED) is 0.563. The second-order valence-electron chi connectivity index (χ2n) is 7.10. The molecule has 0 radical (unpaired) electrons. The standard InChI is InChI=1S/C22H24N2/c1-22(2,3)21-15-9-14-20(21)19-13-8-7-10-17(19)16-23-24-18-11-5-4-6-12-18/h4-16,20,24H,1-3H3. The lowest BCUT2D eigenvalue weighted by Crippen LogP contribution is -2.15. The molecule has 0 aliphatic heterocycles. The molecule has 0 spiro atoms. The van der Waals surface area contributed by atoms with Crippen molar-refractivity contribution < 1.29 is 0 Å². The Hall–Kier alpha value is -2.61. The molecule has 1 aliphatic rings. The number of para-hydroxylation sites is 1. The van der Waals surface area contributed by atoms with Gasteiger partial charge in [0, 0.05) is 5.92 Å². The molecular formula is C22H24N2. The first-order chi connectivity index (χ1) is 11.6. The number of nitrogens with one attached hydrogen (secondary N) is 1. The molecule has 2 heteroatoms. The summed E-state index contributed by atoms with van der Waals surface area (Å²) in [4.78, 5) is 0. The first-order valence-corrected chi connectivity index (χ1v) is 8.37. The zero-order valence-corrected chi connectivity index (χ0v) is 14.5. The van der Waals surface area contributed by atoms with E-state index in [1.807, 2.05) is 36.5 Å². The Morgan fingerprint density at radius 3 is 2.42 bits per heavy atom. The lowest BCUT2D eigenvalue weighted by molar-refractivity contribution is 0.483. The third-order valence-electron chi connectivity index (χ3n) is 4.28. The molecular weight excluding hydrogens is 292 g/mol. The highest BCUT2D eigenvalue weighted by Gasteiger charge is 2.27. The zero-order valence-electron chi connectivity index (χ0n) is 14.5. The third kappa shape index (κ3) is 3.65. The number of hydrazone groups is 1. The molecule has 2 aromatic carbocycles. The molecule has 3 rings (SSSR count). The lowest BCUT2D eigenvalue weighted by Gasteiger charge is -2.27. The number of benzene rings is 2. The maximum absolute atomic E-state index is 4.41. The number of hydrogen-bond acceptors (Lipinski definition) is 2. The molecule has 0 heterocycles. The Balaban J connectivity index is 1.84. The number of hydrogen-bond donors (Lipinski definition) is 1. The van der Waals surface area contributed by atoms with Crippen molar-refractivity contribution in [3.63, 3.8) is 0 Å². The Morgan fingerprint density at radius 1 is 0.958 bits per heavy atom. The highest BCUT2D eigenvalue weighted by atomic mass is 15.3. The van der Waals surface area contributed by atoms with Gasteiger partial charge in [-0.15, -0.1) is 0 Å². The van der Waals surface area contributed by atoms with Gasteiger partial charge in [-0.25, -0.2) is 0 Å². The summed E-state index contributed by atoms with van der Waals surface area (Å²) in [5.41, 5.74) is 8.12. The van der Waals surface area contributed by atoms with Gasteiger partial charge in [0.25, 0.3) is 0 Å². The largest absolute Gasteiger partial charge is 0.279 e. The summed E-state index contributed by atoms with van der Waals surface area (Å²) in [6.07, 6.45) is 8.61. The van der Waals surface area contributed by atoms with Crippen LogP contribution >= 0.6 is 0 Å². The number of rotatable bonds is 4. The van der Waals surface area contributed by atoms with Gasteiger partial charge in [-0.1, -0.05) is 87.0 Å². The number of anilines is 1. The van der Waals surface area contributed by atoms with Crippen molar-refractivity contribution in [3.8, 4) is 0 Å². The topological polar surface area (TPSA) is 24.4 Å². The minimum absolute atomic E-state index is 0.153. The normalized spacial score (nSPS) is 17.3. The van der Waals surface area contributed by atoms with Crippen molar-refractivity contribution in [2.45, 2.75) is 26.7 Å². The fourth-order valence-corrected chi connectivity index (χ4v) is 3.07. The third-order valence-corrected chi connectivity index (χ3v) is 4.28. The summed E-state index contributed by atoms with van der Waals surface area (Å²) in [6, 6.07) is 18.5. The molecule has 1 atom stereocenters. The minimum Gasteiger partial charge on any atom is -0.279 e. The maximum Gasteiger partial charge on any atom is 0.0561 e. The molecule has 2 aromatic rings. The van der Waals surface area contributed by atoms with Crippen LogP contribution in [0.2, 0.25) is 0 Å². The summed E-state index contributed by atoms with van der Waals surface area (Å²) < 4.78 is 0. The lowest BCUT2D eigenvalue weighted by atomic mass is 9.77. The van der Waals surface area contributed by atoms with Gasteiger partial charge in [0.05, 0.1) is 11.9 Å². The fourth-order valence-electron chi connectivity index (χ4n) is 3.07. The van der Waals surface area contributed by atoms with E-state index in [0.29, 0.717) is 5.92 Å². The first-order valence-electron chi connectivity index (χ1n) is 8.37. The van der Waals surface area contributed by atoms with Gasteiger partial charge in [0.1, 0.15) is 0 Å². The molecule has 0 saturated heterocycles. The van der Waals surface area contributed by atoms with Crippen molar-refractivity contribution in [3.05, 3.63) is 89.5 Å². The van der Waals surface area contributed by atoms with Crippen LogP contribution in [-0.2, 0) is 0 Å². The SMILES string of the molecule is CC(C)(C)C1=CC=CC1c1ccccc1C=NNc1ccccc1. The molecule has 122 valence electrons. The second-order valence-corrected chi connectivity index (χ2v) is 7.10. The molecule has 1 aliphatic carbocycles. The van der Waals surface area contributed by atoms with Crippen molar-refractivity contribution >= 4 is 11.9 Å². The van der Waals surface area contributed by atoms with Gasteiger partial charge in [-0.2, -0.15) is 5.10 Å². The molecule has 0 fully saturated rings. The fraction of sp³-hybridized carbons (Fsp3) is 0.227. The van der Waals surface area contributed by atoms with Crippen LogP contribution in [0.1, 0.15) is 37.8 Å². The summed E-state index contributed by atoms with van der Waals surface area (Å²) in [7, 11) is 0. The van der Waals surface area contributed by atoms with Crippen molar-refractivity contribution in [2.75, 3.05) is 5.43 Å². The summed E-state index contributed by atoms with van der Waals surface area (Å²) in [5.74, 6) is 0.323. The molecule has 2 nitrogen and oxygen atoms in total. The van der Waals surface area contributed by atoms with E-state index in [0.717, 1.165) is 11.3 Å². The van der Waals surface area contributed by atoms with Gasteiger partial charge in [0.2, 0.25) is 0 Å². The number of allylic oxidation sites excluding steroid dienone is 4. The number of nitrogens with zero attached hydrogens (tertiary/aromatic N) is 1. The predicted molar refractivity (Wildman–Crippen MR) is 104 cm³/mol. The van der Waals surface area contributed by atoms with Gasteiger partial charge in [-0.3, -0.25) is 5.43 Å². The minimum atomic E-state index is 0.153. The van der Waals surface area contributed by atoms with Crippen molar-refractivity contribution in [1.29, 1.82) is 0 Å². The van der Waals surface area contributed by atoms with Crippen molar-refractivity contribution in [1.82, 2.24) is 0 Å². The van der Waals surface area contributed by atoms with E-state index in [-0.39, 0.29) is 5.41 Å². The molecule has 0 amide bonds. The maximum atomic E-state index is 4.41. The molecule has 1 unspecified atom stereocenters. The smallest absolute Gasteiger partial charge is 0.0561 e. The molecule has 0 bridgehead atoms. The van der Waals surface area contributed by atoms with E-state index in [4.69, 9.17) is 0 Å². The average Bonchev–Trinajstić information content (AvgIpc) is 3.06. The molecule has 24 heavy (non-hydrogen) atoms. The van der Waals surface area contributed by atoms with Crippen LogP contribution in [0.4, 0.5) is 5.69 Å². The van der Waals surface area contributed by atoms with Gasteiger partial charge in [-0.05, 0) is 28.7 Å². The van der Waals surface area contributed by atoms with Crippen LogP contribution in [0.3, 0.4) is 0 Å². The van der Waals surface area contributed by atoms with E-state index in [1.54, 1.807) is 0 Å². The van der Waals surface area contributed by atoms with E-state index < -0.39 is 0 Å². The summed E-state index contributed by atoms with van der Waals surface area (Å²) in [5, 5.41) is 4.41. The Labute approximate surface area is 144 Å². The highest BCUT2D eigenvalue weighted by molar-refractivity contribution is 5.83. The highest BCUT2D eigenvalue weighted by Crippen LogP contribution is 2.41. The van der Waals surface area contributed by atoms with Crippen LogP contribution in [0, 0.1) is 5.41 Å². The second kappa shape index (κ2) is 6.88. The van der Waals surface area contributed by atoms with Crippen LogP contribution in [0.25, 0.3) is 0 Å². The van der Waals surface area contributed by atoms with Crippen LogP contribution < -0.4 is 5.43 Å². The predicted octanol–water partition coefficient (Wildman–Crippen LogP) is 5.76. The van der Waals surface area contributed by atoms with E-state index in [9.17, 15) is 0 Å². The summed E-state index contributed by atoms with van der Waals surface area (Å²) in [6.45, 7) is 6.81. The molecule has 0 saturated carbocycles. The summed E-state index contributed by atoms with van der Waals surface area (Å²) >= 11 is 0. The van der Waals surface area contributed by atoms with Gasteiger partial charge >= 0.3 is 0 Å². The Bertz CT molecular complexity index is 777. The van der Waals surface area contributed by atoms with E-state index >= 15 is 0 Å². The van der Waals surface area contributed by atoms with Gasteiger partial charge in [0.15, 0.2) is 0 Å². The van der Waals surface area contributed by atoms with Gasteiger partial charge < -0.3 is 0 Å². The Morgan fingerprint density at radius 2 is 1.67 bits per heavy atom. The van der Waals surface area contributed by atoms with E-state index in [1.165, 1.54) is 11.1 Å². The average molecular weight is 316 g/mol. The molecule has 1 N–H and O–H groups in total. The van der Waals surface area contributed by atoms with Crippen LogP contribution in [0.5, 0.6) is 0 Å².